The molecule has 0 unspecified atom stereocenters. The fraction of sp³-hybridized carbons (Fsp3) is 0.321. The summed E-state index contributed by atoms with van der Waals surface area (Å²) in [7, 11) is 0. The average Bonchev–Trinajstić information content (AvgIpc) is 2.84. The van der Waals surface area contributed by atoms with Crippen molar-refractivity contribution in [2.45, 2.75) is 45.9 Å². The van der Waals surface area contributed by atoms with Crippen LogP contribution in [-0.2, 0) is 22.1 Å². The van der Waals surface area contributed by atoms with Gasteiger partial charge in [-0.3, -0.25) is 9.78 Å². The van der Waals surface area contributed by atoms with Crippen molar-refractivity contribution < 1.29 is 32.2 Å². The van der Waals surface area contributed by atoms with E-state index in [1.165, 1.54) is 12.1 Å². The number of ether oxygens (including phenoxy) is 2. The SMILES string of the molecule is CCOC(=O)C(C)(C)Oc1ccc(CCNC(=O)c2ccc(-c3ccc(C(F)(F)F)cc3)nc2C)cc1. The van der Waals surface area contributed by atoms with Gasteiger partial charge in [-0.1, -0.05) is 24.3 Å². The molecule has 0 saturated heterocycles. The number of hydrogen-bond acceptors (Lipinski definition) is 5. The summed E-state index contributed by atoms with van der Waals surface area (Å²) in [5, 5.41) is 2.86. The third-order valence-corrected chi connectivity index (χ3v) is 5.60. The monoisotopic (exact) mass is 514 g/mol. The molecule has 37 heavy (non-hydrogen) atoms. The van der Waals surface area contributed by atoms with E-state index >= 15 is 0 Å². The predicted octanol–water partition coefficient (Wildman–Crippen LogP) is 5.77. The highest BCUT2D eigenvalue weighted by molar-refractivity contribution is 5.95. The first-order valence-corrected chi connectivity index (χ1v) is 11.8. The van der Waals surface area contributed by atoms with Gasteiger partial charge in [0.1, 0.15) is 5.75 Å². The molecule has 1 N–H and O–H groups in total. The van der Waals surface area contributed by atoms with Crippen LogP contribution in [0.15, 0.2) is 60.7 Å². The number of carbonyl (C=O) groups excluding carboxylic acids is 2. The zero-order valence-electron chi connectivity index (χ0n) is 21.1. The highest BCUT2D eigenvalue weighted by Gasteiger charge is 2.31. The van der Waals surface area contributed by atoms with Crippen LogP contribution in [0, 0.1) is 6.92 Å². The Morgan fingerprint density at radius 1 is 0.946 bits per heavy atom. The summed E-state index contributed by atoms with van der Waals surface area (Å²) in [6.07, 6.45) is -3.83. The van der Waals surface area contributed by atoms with Crippen molar-refractivity contribution in [3.05, 3.63) is 83.0 Å². The zero-order chi connectivity index (χ0) is 27.2. The lowest BCUT2D eigenvalue weighted by atomic mass is 10.1. The Morgan fingerprint density at radius 2 is 1.59 bits per heavy atom. The number of nitrogens with one attached hydrogen (secondary N) is 1. The van der Waals surface area contributed by atoms with Gasteiger partial charge in [-0.05, 0) is 76.1 Å². The molecule has 1 aromatic heterocycles. The third kappa shape index (κ3) is 7.31. The van der Waals surface area contributed by atoms with Crippen molar-refractivity contribution in [2.24, 2.45) is 0 Å². The van der Waals surface area contributed by atoms with Crippen LogP contribution in [0.3, 0.4) is 0 Å². The van der Waals surface area contributed by atoms with Crippen molar-refractivity contribution in [3.63, 3.8) is 0 Å². The Bertz CT molecular complexity index is 1240. The first kappa shape index (κ1) is 27.7. The number of aromatic nitrogens is 1. The van der Waals surface area contributed by atoms with Crippen molar-refractivity contribution >= 4 is 11.9 Å². The van der Waals surface area contributed by atoms with Crippen LogP contribution in [-0.4, -0.2) is 35.6 Å². The molecular formula is C28H29F3N2O4. The summed E-state index contributed by atoms with van der Waals surface area (Å²) in [5.41, 5.74) is 0.999. The standard InChI is InChI=1S/C28H29F3N2O4/c1-5-36-26(35)27(3,4)37-22-12-6-19(7-13-22)16-17-32-25(34)23-14-15-24(33-18(23)2)20-8-10-21(11-9-20)28(29,30)31/h6-15H,5,16-17H2,1-4H3,(H,32,34). The fourth-order valence-corrected chi connectivity index (χ4v) is 3.57. The molecule has 0 aliphatic carbocycles. The van der Waals surface area contributed by atoms with E-state index < -0.39 is 23.3 Å². The number of halogens is 3. The second kappa shape index (κ2) is 11.5. The van der Waals surface area contributed by atoms with Crippen molar-refractivity contribution in [1.82, 2.24) is 10.3 Å². The molecule has 1 heterocycles. The van der Waals surface area contributed by atoms with Crippen LogP contribution in [0.1, 0.15) is 48.0 Å². The molecule has 0 spiro atoms. The van der Waals surface area contributed by atoms with Gasteiger partial charge in [-0.25, -0.2) is 4.79 Å². The van der Waals surface area contributed by atoms with E-state index in [0.717, 1.165) is 17.7 Å². The van der Waals surface area contributed by atoms with Gasteiger partial charge in [0.15, 0.2) is 5.60 Å². The van der Waals surface area contributed by atoms with Gasteiger partial charge in [0.2, 0.25) is 0 Å². The summed E-state index contributed by atoms with van der Waals surface area (Å²) in [5.74, 6) is -0.209. The minimum atomic E-state index is -4.40. The van der Waals surface area contributed by atoms with Gasteiger partial charge in [-0.2, -0.15) is 13.2 Å². The number of hydrogen-bond donors (Lipinski definition) is 1. The summed E-state index contributed by atoms with van der Waals surface area (Å²) in [4.78, 5) is 29.0. The van der Waals surface area contributed by atoms with E-state index in [4.69, 9.17) is 9.47 Å². The Kier molecular flexibility index (Phi) is 8.57. The molecule has 0 aliphatic heterocycles. The van der Waals surface area contributed by atoms with Gasteiger partial charge < -0.3 is 14.8 Å². The fourth-order valence-electron chi connectivity index (χ4n) is 3.57. The molecule has 0 bridgehead atoms. The minimum Gasteiger partial charge on any atom is -0.476 e. The molecule has 9 heteroatoms. The lowest BCUT2D eigenvalue weighted by molar-refractivity contribution is -0.158. The largest absolute Gasteiger partial charge is 0.476 e. The Labute approximate surface area is 213 Å². The number of pyridine rings is 1. The first-order valence-electron chi connectivity index (χ1n) is 11.8. The van der Waals surface area contributed by atoms with E-state index in [9.17, 15) is 22.8 Å². The molecule has 3 aromatic rings. The number of esters is 1. The number of rotatable bonds is 9. The lowest BCUT2D eigenvalue weighted by Crippen LogP contribution is -2.39. The second-order valence-electron chi connectivity index (χ2n) is 8.89. The maximum Gasteiger partial charge on any atom is 0.416 e. The molecule has 2 aromatic carbocycles. The number of alkyl halides is 3. The average molecular weight is 515 g/mol. The van der Waals surface area contributed by atoms with Gasteiger partial charge in [-0.15, -0.1) is 0 Å². The zero-order valence-corrected chi connectivity index (χ0v) is 21.1. The van der Waals surface area contributed by atoms with Crippen LogP contribution < -0.4 is 10.1 Å². The van der Waals surface area contributed by atoms with Gasteiger partial charge in [0.05, 0.1) is 29.1 Å². The van der Waals surface area contributed by atoms with Crippen LogP contribution in [0.5, 0.6) is 5.75 Å². The van der Waals surface area contributed by atoms with E-state index in [1.807, 2.05) is 12.1 Å². The summed E-state index contributed by atoms with van der Waals surface area (Å²) >= 11 is 0. The molecular weight excluding hydrogens is 485 g/mol. The molecule has 3 rings (SSSR count). The number of benzene rings is 2. The van der Waals surface area contributed by atoms with E-state index in [-0.39, 0.29) is 12.5 Å². The molecule has 1 amide bonds. The molecule has 0 saturated carbocycles. The maximum absolute atomic E-state index is 12.8. The highest BCUT2D eigenvalue weighted by Crippen LogP contribution is 2.30. The predicted molar refractivity (Wildman–Crippen MR) is 133 cm³/mol. The molecule has 0 fully saturated rings. The third-order valence-electron chi connectivity index (χ3n) is 5.60. The van der Waals surface area contributed by atoms with Crippen molar-refractivity contribution in [1.29, 1.82) is 0 Å². The molecule has 0 radical (unpaired) electrons. The number of carbonyl (C=O) groups is 2. The number of nitrogens with zero attached hydrogens (tertiary/aromatic N) is 1. The number of amides is 1. The van der Waals surface area contributed by atoms with Crippen molar-refractivity contribution in [2.75, 3.05) is 13.2 Å². The van der Waals surface area contributed by atoms with Gasteiger partial charge >= 0.3 is 12.1 Å². The lowest BCUT2D eigenvalue weighted by Gasteiger charge is -2.24. The second-order valence-corrected chi connectivity index (χ2v) is 8.89. The highest BCUT2D eigenvalue weighted by atomic mass is 19.4. The topological polar surface area (TPSA) is 77.5 Å². The number of aryl methyl sites for hydroxylation is 1. The van der Waals surface area contributed by atoms with Crippen LogP contribution in [0.2, 0.25) is 0 Å². The van der Waals surface area contributed by atoms with Crippen LogP contribution in [0.4, 0.5) is 13.2 Å². The van der Waals surface area contributed by atoms with Gasteiger partial charge in [0, 0.05) is 12.1 Å². The Balaban J connectivity index is 1.55. The quantitative estimate of drug-likeness (QED) is 0.367. The molecule has 196 valence electrons. The first-order chi connectivity index (χ1) is 17.4. The molecule has 6 nitrogen and oxygen atoms in total. The normalized spacial score (nSPS) is 11.6. The summed E-state index contributed by atoms with van der Waals surface area (Å²) in [6.45, 7) is 7.35. The summed E-state index contributed by atoms with van der Waals surface area (Å²) in [6, 6.07) is 15.2. The molecule has 0 aliphatic rings. The van der Waals surface area contributed by atoms with Crippen LogP contribution >= 0.6 is 0 Å². The van der Waals surface area contributed by atoms with E-state index in [0.29, 0.717) is 41.2 Å². The van der Waals surface area contributed by atoms with E-state index in [2.05, 4.69) is 10.3 Å². The van der Waals surface area contributed by atoms with E-state index in [1.54, 1.807) is 52.0 Å². The molecule has 0 atom stereocenters. The maximum atomic E-state index is 12.8. The Morgan fingerprint density at radius 3 is 2.16 bits per heavy atom. The van der Waals surface area contributed by atoms with Crippen molar-refractivity contribution in [3.8, 4) is 17.0 Å². The smallest absolute Gasteiger partial charge is 0.416 e. The van der Waals surface area contributed by atoms with Crippen LogP contribution in [0.25, 0.3) is 11.3 Å². The summed E-state index contributed by atoms with van der Waals surface area (Å²) < 4.78 is 49.1. The minimum absolute atomic E-state index is 0.273. The Hall–Kier alpha value is -3.88. The van der Waals surface area contributed by atoms with Gasteiger partial charge in [0.25, 0.3) is 5.91 Å².